The van der Waals surface area contributed by atoms with E-state index in [9.17, 15) is 8.42 Å². The predicted molar refractivity (Wildman–Crippen MR) is 63.9 cm³/mol. The topological polar surface area (TPSA) is 51.1 Å². The fourth-order valence-corrected chi connectivity index (χ4v) is 3.93. The summed E-state index contributed by atoms with van der Waals surface area (Å²) in [6.07, 6.45) is 5.66. The van der Waals surface area contributed by atoms with Crippen molar-refractivity contribution in [3.63, 3.8) is 0 Å². The van der Waals surface area contributed by atoms with Crippen molar-refractivity contribution in [2.75, 3.05) is 12.3 Å². The second kappa shape index (κ2) is 4.59. The largest absolute Gasteiger partial charge is 0.357 e. The maximum atomic E-state index is 11.6. The van der Waals surface area contributed by atoms with Gasteiger partial charge in [0.05, 0.1) is 11.0 Å². The first kappa shape index (κ1) is 11.7. The molecule has 1 N–H and O–H groups in total. The van der Waals surface area contributed by atoms with Crippen LogP contribution in [-0.4, -0.2) is 30.5 Å². The quantitative estimate of drug-likeness (QED) is 0.845. The Bertz CT molecular complexity index is 450. The second-order valence-electron chi connectivity index (χ2n) is 4.45. The molecule has 1 aliphatic heterocycles. The number of aromatic nitrogens is 1. The Morgan fingerprint density at radius 2 is 2.38 bits per heavy atom. The van der Waals surface area contributed by atoms with Gasteiger partial charge in [-0.05, 0) is 24.5 Å². The number of hydrogen-bond acceptors (Lipinski definition) is 3. The molecule has 1 aliphatic rings. The minimum absolute atomic E-state index is 0.170. The van der Waals surface area contributed by atoms with Crippen molar-refractivity contribution in [1.82, 2.24) is 9.88 Å². The van der Waals surface area contributed by atoms with E-state index in [4.69, 9.17) is 0 Å². The fraction of sp³-hybridized carbons (Fsp3) is 0.636. The molecule has 0 saturated carbocycles. The van der Waals surface area contributed by atoms with Gasteiger partial charge in [0.25, 0.3) is 0 Å². The first-order valence-corrected chi connectivity index (χ1v) is 7.32. The van der Waals surface area contributed by atoms with Gasteiger partial charge in [-0.1, -0.05) is 0 Å². The fourth-order valence-electron chi connectivity index (χ4n) is 2.13. The minimum atomic E-state index is -2.80. The van der Waals surface area contributed by atoms with E-state index in [2.05, 4.69) is 5.32 Å². The van der Waals surface area contributed by atoms with Gasteiger partial charge in [-0.25, -0.2) is 8.42 Å². The average Bonchev–Trinajstić information content (AvgIpc) is 2.74. The van der Waals surface area contributed by atoms with E-state index in [1.807, 2.05) is 30.1 Å². The molecular weight excluding hydrogens is 224 g/mol. The molecule has 2 rings (SSSR count). The van der Waals surface area contributed by atoms with Crippen LogP contribution in [0.25, 0.3) is 0 Å². The highest BCUT2D eigenvalue weighted by atomic mass is 32.2. The minimum Gasteiger partial charge on any atom is -0.357 e. The smallest absolute Gasteiger partial charge is 0.154 e. The van der Waals surface area contributed by atoms with Crippen molar-refractivity contribution in [2.24, 2.45) is 7.05 Å². The van der Waals surface area contributed by atoms with Gasteiger partial charge in [-0.15, -0.1) is 0 Å². The SMILES string of the molecule is Cn1ccc(CNCC2CCCS2(=O)=O)c1. The average molecular weight is 242 g/mol. The summed E-state index contributed by atoms with van der Waals surface area (Å²) in [7, 11) is -0.827. The molecule has 0 bridgehead atoms. The van der Waals surface area contributed by atoms with Crippen LogP contribution in [0.4, 0.5) is 0 Å². The zero-order chi connectivity index (χ0) is 11.6. The number of aryl methyl sites for hydroxylation is 1. The molecule has 0 amide bonds. The molecule has 4 nitrogen and oxygen atoms in total. The van der Waals surface area contributed by atoms with E-state index in [0.29, 0.717) is 12.3 Å². The van der Waals surface area contributed by atoms with Gasteiger partial charge in [-0.2, -0.15) is 0 Å². The summed E-state index contributed by atoms with van der Waals surface area (Å²) in [5, 5.41) is 3.05. The Morgan fingerprint density at radius 1 is 1.56 bits per heavy atom. The van der Waals surface area contributed by atoms with Crippen LogP contribution >= 0.6 is 0 Å². The maximum absolute atomic E-state index is 11.6. The number of hydrogen-bond donors (Lipinski definition) is 1. The zero-order valence-corrected chi connectivity index (χ0v) is 10.3. The van der Waals surface area contributed by atoms with Crippen molar-refractivity contribution in [3.05, 3.63) is 24.0 Å². The van der Waals surface area contributed by atoms with Crippen LogP contribution in [0.1, 0.15) is 18.4 Å². The van der Waals surface area contributed by atoms with Crippen molar-refractivity contribution >= 4 is 9.84 Å². The second-order valence-corrected chi connectivity index (χ2v) is 6.85. The summed E-state index contributed by atoms with van der Waals surface area (Å²) in [4.78, 5) is 0. The first-order valence-electron chi connectivity index (χ1n) is 5.61. The van der Waals surface area contributed by atoms with Crippen LogP contribution < -0.4 is 5.32 Å². The van der Waals surface area contributed by atoms with Gasteiger partial charge in [-0.3, -0.25) is 0 Å². The molecule has 0 aromatic carbocycles. The molecule has 2 heterocycles. The van der Waals surface area contributed by atoms with Crippen molar-refractivity contribution in [1.29, 1.82) is 0 Å². The van der Waals surface area contributed by atoms with Crippen LogP contribution in [0.3, 0.4) is 0 Å². The lowest BCUT2D eigenvalue weighted by atomic mass is 10.2. The molecule has 1 saturated heterocycles. The Morgan fingerprint density at radius 3 is 2.94 bits per heavy atom. The Hall–Kier alpha value is -0.810. The Labute approximate surface area is 96.6 Å². The summed E-state index contributed by atoms with van der Waals surface area (Å²) in [5.41, 5.74) is 1.19. The zero-order valence-electron chi connectivity index (χ0n) is 9.52. The summed E-state index contributed by atoms with van der Waals surface area (Å²) < 4.78 is 25.1. The number of nitrogens with one attached hydrogen (secondary N) is 1. The van der Waals surface area contributed by atoms with Crippen LogP contribution in [0.2, 0.25) is 0 Å². The molecule has 1 atom stereocenters. The summed E-state index contributed by atoms with van der Waals surface area (Å²) in [6.45, 7) is 1.32. The first-order chi connectivity index (χ1) is 7.58. The van der Waals surface area contributed by atoms with E-state index < -0.39 is 9.84 Å². The molecule has 1 fully saturated rings. The Balaban J connectivity index is 1.80. The third-order valence-electron chi connectivity index (χ3n) is 3.06. The summed E-state index contributed by atoms with van der Waals surface area (Å²) in [5.74, 6) is 0.366. The summed E-state index contributed by atoms with van der Waals surface area (Å²) in [6, 6.07) is 2.04. The number of rotatable bonds is 4. The molecule has 1 aromatic heterocycles. The van der Waals surface area contributed by atoms with Crippen molar-refractivity contribution in [2.45, 2.75) is 24.6 Å². The third-order valence-corrected chi connectivity index (χ3v) is 5.33. The molecule has 90 valence electrons. The maximum Gasteiger partial charge on any atom is 0.154 e. The lowest BCUT2D eigenvalue weighted by Gasteiger charge is -2.09. The van der Waals surface area contributed by atoms with Crippen molar-refractivity contribution in [3.8, 4) is 0 Å². The molecule has 1 aromatic rings. The summed E-state index contributed by atoms with van der Waals surface area (Å²) >= 11 is 0. The number of nitrogens with zero attached hydrogens (tertiary/aromatic N) is 1. The lowest BCUT2D eigenvalue weighted by molar-refractivity contribution is 0.574. The van der Waals surface area contributed by atoms with Crippen LogP contribution in [0, 0.1) is 0 Å². The molecular formula is C11H18N2O2S. The monoisotopic (exact) mass is 242 g/mol. The van der Waals surface area contributed by atoms with Crippen LogP contribution in [-0.2, 0) is 23.4 Å². The van der Waals surface area contributed by atoms with Crippen LogP contribution in [0.15, 0.2) is 18.5 Å². The molecule has 0 aliphatic carbocycles. The predicted octanol–water partition coefficient (Wildman–Crippen LogP) is 0.692. The van der Waals surface area contributed by atoms with Gasteiger partial charge < -0.3 is 9.88 Å². The van der Waals surface area contributed by atoms with E-state index in [-0.39, 0.29) is 5.25 Å². The molecule has 16 heavy (non-hydrogen) atoms. The molecule has 1 unspecified atom stereocenters. The third kappa shape index (κ3) is 2.65. The molecule has 0 spiro atoms. The number of sulfone groups is 1. The standard InChI is InChI=1S/C11H18N2O2S/c1-13-5-4-10(9-13)7-12-8-11-3-2-6-16(11,14)15/h4-5,9,11-12H,2-3,6-8H2,1H3. The molecule has 5 heteroatoms. The van der Waals surface area contributed by atoms with Crippen molar-refractivity contribution < 1.29 is 8.42 Å². The van der Waals surface area contributed by atoms with Gasteiger partial charge in [0.1, 0.15) is 0 Å². The normalized spacial score (nSPS) is 23.7. The lowest BCUT2D eigenvalue weighted by Crippen LogP contribution is -2.30. The van der Waals surface area contributed by atoms with Gasteiger partial charge in [0.15, 0.2) is 9.84 Å². The van der Waals surface area contributed by atoms with E-state index >= 15 is 0 Å². The van der Waals surface area contributed by atoms with E-state index in [0.717, 1.165) is 19.4 Å². The van der Waals surface area contributed by atoms with Gasteiger partial charge in [0, 0.05) is 32.5 Å². The van der Waals surface area contributed by atoms with E-state index in [1.165, 1.54) is 5.56 Å². The van der Waals surface area contributed by atoms with Crippen LogP contribution in [0.5, 0.6) is 0 Å². The molecule has 0 radical (unpaired) electrons. The van der Waals surface area contributed by atoms with Gasteiger partial charge >= 0.3 is 0 Å². The van der Waals surface area contributed by atoms with E-state index in [1.54, 1.807) is 0 Å². The Kier molecular flexibility index (Phi) is 3.35. The highest BCUT2D eigenvalue weighted by Crippen LogP contribution is 2.19. The highest BCUT2D eigenvalue weighted by molar-refractivity contribution is 7.92. The highest BCUT2D eigenvalue weighted by Gasteiger charge is 2.30. The van der Waals surface area contributed by atoms with Gasteiger partial charge in [0.2, 0.25) is 0 Å².